The number of hydrogen-bond acceptors (Lipinski definition) is 3. The Bertz CT molecular complexity index is 600. The second-order valence-corrected chi connectivity index (χ2v) is 5.61. The highest BCUT2D eigenvalue weighted by molar-refractivity contribution is 5.97. The molecule has 3 N–H and O–H groups in total. The van der Waals surface area contributed by atoms with E-state index in [1.165, 1.54) is 11.8 Å². The lowest BCUT2D eigenvalue weighted by Gasteiger charge is -2.37. The van der Waals surface area contributed by atoms with Crippen LogP contribution in [0.25, 0.3) is 0 Å². The number of primary amides is 1. The van der Waals surface area contributed by atoms with Crippen LogP contribution in [0.2, 0.25) is 0 Å². The summed E-state index contributed by atoms with van der Waals surface area (Å²) in [5, 5.41) is 9.40. The normalized spacial score (nSPS) is 21.1. The summed E-state index contributed by atoms with van der Waals surface area (Å²) in [6, 6.07) is 5.40. The van der Waals surface area contributed by atoms with Gasteiger partial charge in [-0.2, -0.15) is 0 Å². The topological polar surface area (TPSA) is 101 Å². The van der Waals surface area contributed by atoms with Gasteiger partial charge in [-0.25, -0.2) is 4.79 Å². The Labute approximate surface area is 128 Å². The second-order valence-electron chi connectivity index (χ2n) is 5.61. The number of Topliss-reactive ketones (excluding diaryl/α,β-unsaturated/α-hetero) is 1. The summed E-state index contributed by atoms with van der Waals surface area (Å²) in [7, 11) is 0. The maximum Gasteiger partial charge on any atom is 0.319 e. The zero-order valence-electron chi connectivity index (χ0n) is 12.5. The molecule has 2 rings (SSSR count). The van der Waals surface area contributed by atoms with Crippen molar-refractivity contribution in [2.75, 3.05) is 4.90 Å². The number of nitrogens with two attached hydrogens (primary N) is 1. The average Bonchev–Trinajstić information content (AvgIpc) is 2.47. The van der Waals surface area contributed by atoms with E-state index in [4.69, 9.17) is 5.73 Å². The van der Waals surface area contributed by atoms with Crippen LogP contribution < -0.4 is 10.6 Å². The Hall–Kier alpha value is -2.37. The third kappa shape index (κ3) is 3.27. The van der Waals surface area contributed by atoms with Gasteiger partial charge in [-0.3, -0.25) is 14.5 Å². The molecule has 0 saturated heterocycles. The van der Waals surface area contributed by atoms with Crippen LogP contribution in [0, 0.1) is 5.92 Å². The summed E-state index contributed by atoms with van der Waals surface area (Å²) in [5.74, 6) is -1.68. The maximum absolute atomic E-state index is 11.9. The predicted molar refractivity (Wildman–Crippen MR) is 81.9 cm³/mol. The molecule has 1 saturated carbocycles. The third-order valence-electron chi connectivity index (χ3n) is 4.15. The first-order chi connectivity index (χ1) is 10.4. The second kappa shape index (κ2) is 6.60. The number of carboxylic acid groups (broad SMARTS) is 1. The van der Waals surface area contributed by atoms with Crippen LogP contribution in [0.15, 0.2) is 24.3 Å². The lowest BCUT2D eigenvalue weighted by atomic mass is 9.83. The van der Waals surface area contributed by atoms with E-state index in [-0.39, 0.29) is 5.78 Å². The highest BCUT2D eigenvalue weighted by Crippen LogP contribution is 2.32. The van der Waals surface area contributed by atoms with Gasteiger partial charge in [0.25, 0.3) is 0 Å². The van der Waals surface area contributed by atoms with Gasteiger partial charge in [-0.05, 0) is 31.9 Å². The van der Waals surface area contributed by atoms with Crippen molar-refractivity contribution in [1.82, 2.24) is 0 Å². The van der Waals surface area contributed by atoms with Crippen molar-refractivity contribution in [1.29, 1.82) is 0 Å². The minimum Gasteiger partial charge on any atom is -0.481 e. The number of rotatable bonds is 4. The Morgan fingerprint density at radius 1 is 1.23 bits per heavy atom. The van der Waals surface area contributed by atoms with Gasteiger partial charge in [-0.15, -0.1) is 0 Å². The summed E-state index contributed by atoms with van der Waals surface area (Å²) in [4.78, 5) is 36.2. The van der Waals surface area contributed by atoms with Crippen LogP contribution in [0.5, 0.6) is 0 Å². The number of ketones is 1. The molecular formula is C16H20N2O4. The predicted octanol–water partition coefficient (Wildman–Crippen LogP) is 2.42. The molecule has 0 bridgehead atoms. The first kappa shape index (κ1) is 16.0. The molecule has 0 spiro atoms. The summed E-state index contributed by atoms with van der Waals surface area (Å²) < 4.78 is 0. The van der Waals surface area contributed by atoms with Crippen molar-refractivity contribution in [2.45, 2.75) is 38.6 Å². The van der Waals surface area contributed by atoms with E-state index in [0.29, 0.717) is 24.1 Å². The quantitative estimate of drug-likeness (QED) is 0.834. The van der Waals surface area contributed by atoms with Gasteiger partial charge < -0.3 is 10.8 Å². The third-order valence-corrected chi connectivity index (χ3v) is 4.15. The van der Waals surface area contributed by atoms with Crippen molar-refractivity contribution < 1.29 is 19.5 Å². The summed E-state index contributed by atoms with van der Waals surface area (Å²) in [6.45, 7) is 1.44. The Balaban J connectivity index is 2.41. The number of amides is 2. The lowest BCUT2D eigenvalue weighted by molar-refractivity contribution is -0.143. The molecule has 1 aliphatic rings. The number of benzene rings is 1. The molecule has 6 heteroatoms. The first-order valence-corrected chi connectivity index (χ1v) is 7.34. The van der Waals surface area contributed by atoms with Gasteiger partial charge in [0.15, 0.2) is 5.78 Å². The standard InChI is InChI=1S/C16H20N2O4/c1-10(19)11-5-4-6-12(9-11)18(16(17)22)14-8-3-2-7-13(14)15(20)21/h4-6,9,13-14H,2-3,7-8H2,1H3,(H2,17,22)(H,20,21)/t13-,14-/m1/s1. The van der Waals surface area contributed by atoms with Gasteiger partial charge >= 0.3 is 12.0 Å². The van der Waals surface area contributed by atoms with E-state index in [1.54, 1.807) is 24.3 Å². The molecule has 22 heavy (non-hydrogen) atoms. The zero-order chi connectivity index (χ0) is 16.3. The SMILES string of the molecule is CC(=O)c1cccc(N(C(N)=O)[C@@H]2CCCC[C@H]2C(=O)O)c1. The smallest absolute Gasteiger partial charge is 0.319 e. The van der Waals surface area contributed by atoms with Crippen LogP contribution >= 0.6 is 0 Å². The van der Waals surface area contributed by atoms with Gasteiger partial charge in [0, 0.05) is 11.3 Å². The van der Waals surface area contributed by atoms with E-state index in [9.17, 15) is 19.5 Å². The lowest BCUT2D eigenvalue weighted by Crippen LogP contribution is -2.50. The van der Waals surface area contributed by atoms with E-state index in [0.717, 1.165) is 12.8 Å². The number of hydrogen-bond donors (Lipinski definition) is 2. The number of aliphatic carboxylic acids is 1. The highest BCUT2D eigenvalue weighted by Gasteiger charge is 2.37. The molecular weight excluding hydrogens is 284 g/mol. The van der Waals surface area contributed by atoms with Gasteiger partial charge in [0.2, 0.25) is 0 Å². The van der Waals surface area contributed by atoms with Crippen LogP contribution in [-0.2, 0) is 4.79 Å². The molecule has 0 aliphatic heterocycles. The summed E-state index contributed by atoms with van der Waals surface area (Å²) in [5.41, 5.74) is 6.43. The van der Waals surface area contributed by atoms with Crippen LogP contribution in [0.1, 0.15) is 43.0 Å². The summed E-state index contributed by atoms with van der Waals surface area (Å²) in [6.07, 6.45) is 2.79. The van der Waals surface area contributed by atoms with Crippen molar-refractivity contribution in [2.24, 2.45) is 11.7 Å². The molecule has 1 fully saturated rings. The minimum absolute atomic E-state index is 0.121. The van der Waals surface area contributed by atoms with Crippen molar-refractivity contribution in [3.8, 4) is 0 Å². The fourth-order valence-electron chi connectivity index (χ4n) is 3.07. The van der Waals surface area contributed by atoms with Crippen LogP contribution in [0.4, 0.5) is 10.5 Å². The number of urea groups is 1. The Morgan fingerprint density at radius 2 is 1.91 bits per heavy atom. The van der Waals surface area contributed by atoms with Gasteiger partial charge in [0.05, 0.1) is 12.0 Å². The van der Waals surface area contributed by atoms with E-state index >= 15 is 0 Å². The van der Waals surface area contributed by atoms with Gasteiger partial charge in [-0.1, -0.05) is 25.0 Å². The zero-order valence-corrected chi connectivity index (χ0v) is 12.5. The molecule has 0 radical (unpaired) electrons. The van der Waals surface area contributed by atoms with E-state index < -0.39 is 24.0 Å². The van der Waals surface area contributed by atoms with E-state index in [2.05, 4.69) is 0 Å². The minimum atomic E-state index is -0.918. The highest BCUT2D eigenvalue weighted by atomic mass is 16.4. The van der Waals surface area contributed by atoms with Crippen molar-refractivity contribution >= 4 is 23.5 Å². The number of nitrogens with zero attached hydrogens (tertiary/aromatic N) is 1. The molecule has 6 nitrogen and oxygen atoms in total. The first-order valence-electron chi connectivity index (χ1n) is 7.34. The fraction of sp³-hybridized carbons (Fsp3) is 0.438. The fourth-order valence-corrected chi connectivity index (χ4v) is 3.07. The Kier molecular flexibility index (Phi) is 4.80. The molecule has 0 aromatic heterocycles. The number of carbonyl (C=O) groups is 3. The largest absolute Gasteiger partial charge is 0.481 e. The molecule has 0 heterocycles. The molecule has 1 aromatic carbocycles. The molecule has 1 aliphatic carbocycles. The number of anilines is 1. The van der Waals surface area contributed by atoms with Crippen LogP contribution in [-0.4, -0.2) is 28.9 Å². The molecule has 1 aromatic rings. The van der Waals surface area contributed by atoms with Crippen molar-refractivity contribution in [3.05, 3.63) is 29.8 Å². The Morgan fingerprint density at radius 3 is 2.50 bits per heavy atom. The van der Waals surface area contributed by atoms with Crippen molar-refractivity contribution in [3.63, 3.8) is 0 Å². The summed E-state index contributed by atoms with van der Waals surface area (Å²) >= 11 is 0. The monoisotopic (exact) mass is 304 g/mol. The molecule has 2 amide bonds. The van der Waals surface area contributed by atoms with Gasteiger partial charge in [0.1, 0.15) is 0 Å². The molecule has 2 atom stereocenters. The van der Waals surface area contributed by atoms with E-state index in [1.807, 2.05) is 0 Å². The molecule has 0 unspecified atom stereocenters. The number of carboxylic acids is 1. The average molecular weight is 304 g/mol. The number of carbonyl (C=O) groups excluding carboxylic acids is 2. The molecule has 118 valence electrons. The maximum atomic E-state index is 11.9. The van der Waals surface area contributed by atoms with Crippen LogP contribution in [0.3, 0.4) is 0 Å².